The molecule has 2 aromatic rings. The summed E-state index contributed by atoms with van der Waals surface area (Å²) in [6.07, 6.45) is 0.888. The van der Waals surface area contributed by atoms with Gasteiger partial charge in [-0.05, 0) is 29.7 Å². The fraction of sp³-hybridized carbons (Fsp3) is 0.188. The Balaban J connectivity index is 2.27. The fourth-order valence-corrected chi connectivity index (χ4v) is 1.97. The third kappa shape index (κ3) is 3.15. The van der Waals surface area contributed by atoms with Crippen molar-refractivity contribution >= 4 is 11.7 Å². The minimum absolute atomic E-state index is 0.180. The van der Waals surface area contributed by atoms with Crippen LogP contribution in [0.4, 0.5) is 10.1 Å². The molecular formula is C16H16FNO2. The quantitative estimate of drug-likeness (QED) is 0.874. The molecule has 0 radical (unpaired) electrons. The number of hydrogen-bond donors (Lipinski definition) is 2. The monoisotopic (exact) mass is 273 g/mol. The van der Waals surface area contributed by atoms with Gasteiger partial charge >= 0.3 is 5.97 Å². The van der Waals surface area contributed by atoms with Gasteiger partial charge in [0.25, 0.3) is 0 Å². The molecule has 4 heteroatoms. The van der Waals surface area contributed by atoms with Crippen molar-refractivity contribution in [2.45, 2.75) is 19.4 Å². The van der Waals surface area contributed by atoms with Crippen molar-refractivity contribution in [3.63, 3.8) is 0 Å². The molecule has 1 atom stereocenters. The number of benzene rings is 2. The second kappa shape index (κ2) is 6.19. The molecule has 2 rings (SSSR count). The Kier molecular flexibility index (Phi) is 4.35. The number of aliphatic carboxylic acids is 1. The Morgan fingerprint density at radius 1 is 1.20 bits per heavy atom. The molecule has 0 aliphatic rings. The van der Waals surface area contributed by atoms with Gasteiger partial charge in [-0.25, -0.2) is 9.18 Å². The molecule has 0 aliphatic heterocycles. The van der Waals surface area contributed by atoms with Gasteiger partial charge in [0.15, 0.2) is 6.04 Å². The van der Waals surface area contributed by atoms with Crippen molar-refractivity contribution in [2.75, 3.05) is 5.32 Å². The molecule has 0 amide bonds. The molecule has 0 aliphatic carbocycles. The van der Waals surface area contributed by atoms with Gasteiger partial charge in [-0.3, -0.25) is 0 Å². The molecule has 0 saturated carbocycles. The summed E-state index contributed by atoms with van der Waals surface area (Å²) in [5, 5.41) is 12.0. The van der Waals surface area contributed by atoms with Crippen LogP contribution in [0, 0.1) is 5.82 Å². The fourth-order valence-electron chi connectivity index (χ4n) is 1.97. The Morgan fingerprint density at radius 3 is 2.40 bits per heavy atom. The van der Waals surface area contributed by atoms with E-state index in [1.807, 2.05) is 19.1 Å². The van der Waals surface area contributed by atoms with E-state index in [2.05, 4.69) is 5.32 Å². The van der Waals surface area contributed by atoms with Crippen molar-refractivity contribution < 1.29 is 14.3 Å². The van der Waals surface area contributed by atoms with E-state index in [4.69, 9.17) is 0 Å². The first kappa shape index (κ1) is 14.1. The number of nitrogens with one attached hydrogen (secondary N) is 1. The van der Waals surface area contributed by atoms with Gasteiger partial charge in [0.1, 0.15) is 5.82 Å². The van der Waals surface area contributed by atoms with Crippen LogP contribution in [0.25, 0.3) is 0 Å². The standard InChI is InChI=1S/C16H16FNO2/c1-2-11-7-9-12(10-8-11)15(16(19)20)18-14-6-4-3-5-13(14)17/h3-10,15,18H,2H2,1H3,(H,19,20). The van der Waals surface area contributed by atoms with E-state index in [0.29, 0.717) is 5.56 Å². The number of carboxylic acid groups (broad SMARTS) is 1. The van der Waals surface area contributed by atoms with E-state index >= 15 is 0 Å². The van der Waals surface area contributed by atoms with Crippen LogP contribution in [-0.4, -0.2) is 11.1 Å². The van der Waals surface area contributed by atoms with Crippen molar-refractivity contribution in [3.8, 4) is 0 Å². The lowest BCUT2D eigenvalue weighted by Crippen LogP contribution is -2.21. The number of halogens is 1. The van der Waals surface area contributed by atoms with Gasteiger partial charge in [0.05, 0.1) is 5.69 Å². The van der Waals surface area contributed by atoms with Crippen molar-refractivity contribution in [2.24, 2.45) is 0 Å². The number of carboxylic acids is 1. The summed E-state index contributed by atoms with van der Waals surface area (Å²) >= 11 is 0. The molecule has 2 N–H and O–H groups in total. The summed E-state index contributed by atoms with van der Waals surface area (Å²) in [6, 6.07) is 12.3. The number of rotatable bonds is 5. The van der Waals surface area contributed by atoms with E-state index < -0.39 is 17.8 Å². The molecule has 2 aromatic carbocycles. The zero-order valence-electron chi connectivity index (χ0n) is 11.1. The number of para-hydroxylation sites is 1. The first-order chi connectivity index (χ1) is 9.61. The number of hydrogen-bond acceptors (Lipinski definition) is 2. The van der Waals surface area contributed by atoms with E-state index in [-0.39, 0.29) is 5.69 Å². The van der Waals surface area contributed by atoms with Crippen LogP contribution in [-0.2, 0) is 11.2 Å². The van der Waals surface area contributed by atoms with Crippen LogP contribution >= 0.6 is 0 Å². The first-order valence-electron chi connectivity index (χ1n) is 6.44. The van der Waals surface area contributed by atoms with Crippen LogP contribution in [0.1, 0.15) is 24.1 Å². The zero-order chi connectivity index (χ0) is 14.5. The maximum Gasteiger partial charge on any atom is 0.330 e. The molecule has 104 valence electrons. The maximum absolute atomic E-state index is 13.6. The topological polar surface area (TPSA) is 49.3 Å². The van der Waals surface area contributed by atoms with Crippen LogP contribution in [0.3, 0.4) is 0 Å². The molecule has 20 heavy (non-hydrogen) atoms. The predicted molar refractivity (Wildman–Crippen MR) is 76.2 cm³/mol. The van der Waals surface area contributed by atoms with Crippen molar-refractivity contribution in [3.05, 3.63) is 65.5 Å². The van der Waals surface area contributed by atoms with Crippen molar-refractivity contribution in [1.82, 2.24) is 0 Å². The normalized spacial score (nSPS) is 11.9. The maximum atomic E-state index is 13.6. The van der Waals surface area contributed by atoms with E-state index in [1.165, 1.54) is 12.1 Å². The number of anilines is 1. The highest BCUT2D eigenvalue weighted by molar-refractivity contribution is 5.79. The molecule has 0 saturated heterocycles. The molecule has 0 heterocycles. The zero-order valence-corrected chi connectivity index (χ0v) is 11.1. The largest absolute Gasteiger partial charge is 0.479 e. The van der Waals surface area contributed by atoms with E-state index in [0.717, 1.165) is 12.0 Å². The minimum atomic E-state index is -1.04. The van der Waals surface area contributed by atoms with Crippen LogP contribution in [0.15, 0.2) is 48.5 Å². The minimum Gasteiger partial charge on any atom is -0.479 e. The lowest BCUT2D eigenvalue weighted by Gasteiger charge is -2.17. The second-order valence-corrected chi connectivity index (χ2v) is 4.49. The summed E-state index contributed by atoms with van der Waals surface area (Å²) in [4.78, 5) is 11.4. The number of carbonyl (C=O) groups is 1. The van der Waals surface area contributed by atoms with Crippen molar-refractivity contribution in [1.29, 1.82) is 0 Å². The summed E-state index contributed by atoms with van der Waals surface area (Å²) in [5.41, 5.74) is 1.90. The third-order valence-electron chi connectivity index (χ3n) is 3.14. The van der Waals surface area contributed by atoms with E-state index in [1.54, 1.807) is 24.3 Å². The molecular weight excluding hydrogens is 257 g/mol. The average molecular weight is 273 g/mol. The lowest BCUT2D eigenvalue weighted by atomic mass is 10.0. The Hall–Kier alpha value is -2.36. The number of aryl methyl sites for hydroxylation is 1. The first-order valence-corrected chi connectivity index (χ1v) is 6.44. The highest BCUT2D eigenvalue weighted by atomic mass is 19.1. The Labute approximate surface area is 117 Å². The van der Waals surface area contributed by atoms with Gasteiger partial charge in [0, 0.05) is 0 Å². The molecule has 3 nitrogen and oxygen atoms in total. The van der Waals surface area contributed by atoms with Crippen LogP contribution in [0.5, 0.6) is 0 Å². The van der Waals surface area contributed by atoms with Gasteiger partial charge in [-0.2, -0.15) is 0 Å². The van der Waals surface area contributed by atoms with E-state index in [9.17, 15) is 14.3 Å². The molecule has 0 aromatic heterocycles. The predicted octanol–water partition coefficient (Wildman–Crippen LogP) is 3.63. The lowest BCUT2D eigenvalue weighted by molar-refractivity contribution is -0.138. The molecule has 0 spiro atoms. The van der Waals surface area contributed by atoms with Gasteiger partial charge in [-0.1, -0.05) is 43.3 Å². The highest BCUT2D eigenvalue weighted by Gasteiger charge is 2.20. The Morgan fingerprint density at radius 2 is 1.85 bits per heavy atom. The summed E-state index contributed by atoms with van der Waals surface area (Å²) in [7, 11) is 0. The molecule has 1 unspecified atom stereocenters. The second-order valence-electron chi connectivity index (χ2n) is 4.49. The van der Waals surface area contributed by atoms with Gasteiger partial charge in [0.2, 0.25) is 0 Å². The summed E-state index contributed by atoms with van der Waals surface area (Å²) in [5.74, 6) is -1.51. The molecule has 0 bridgehead atoms. The van der Waals surface area contributed by atoms with Gasteiger partial charge < -0.3 is 10.4 Å². The molecule has 0 fully saturated rings. The Bertz CT molecular complexity index is 596. The van der Waals surface area contributed by atoms with Gasteiger partial charge in [-0.15, -0.1) is 0 Å². The third-order valence-corrected chi connectivity index (χ3v) is 3.14. The summed E-state index contributed by atoms with van der Waals surface area (Å²) < 4.78 is 13.6. The van der Waals surface area contributed by atoms with Crippen LogP contribution < -0.4 is 5.32 Å². The van der Waals surface area contributed by atoms with Crippen LogP contribution in [0.2, 0.25) is 0 Å². The SMILES string of the molecule is CCc1ccc(C(Nc2ccccc2F)C(=O)O)cc1. The highest BCUT2D eigenvalue weighted by Crippen LogP contribution is 2.22. The average Bonchev–Trinajstić information content (AvgIpc) is 2.46. The summed E-state index contributed by atoms with van der Waals surface area (Å²) in [6.45, 7) is 2.03. The smallest absolute Gasteiger partial charge is 0.330 e.